The van der Waals surface area contributed by atoms with Crippen LogP contribution in [0.3, 0.4) is 0 Å². The molecule has 3 atom stereocenters. The molecule has 4 saturated carbocycles. The number of halogens is 1. The van der Waals surface area contributed by atoms with E-state index >= 15 is 0 Å². The molecule has 8 heteroatoms. The largest absolute Gasteiger partial charge is 0.463 e. The standard InChI is InChI=1S/C23H29BrN2O5/c1-14(2)31-20(27)8-18(17-5-3-4-6-19(17)26(29)30)25-21(28)22-9-15-7-16(10-22)12-23(24,11-15)13-22/h3-6,14-16,18H,7-13H2,1-2H3,(H,25,28). The highest BCUT2D eigenvalue weighted by Gasteiger charge is 2.60. The summed E-state index contributed by atoms with van der Waals surface area (Å²) in [6.45, 7) is 3.50. The fraction of sp³-hybridized carbons (Fsp3) is 0.652. The van der Waals surface area contributed by atoms with Crippen LogP contribution in [0.5, 0.6) is 0 Å². The lowest BCUT2D eigenvalue weighted by Gasteiger charge is -2.59. The highest BCUT2D eigenvalue weighted by Crippen LogP contribution is 2.64. The second kappa shape index (κ2) is 8.19. The molecular weight excluding hydrogens is 464 g/mol. The van der Waals surface area contributed by atoms with Crippen LogP contribution < -0.4 is 5.32 Å². The zero-order valence-corrected chi connectivity index (χ0v) is 19.5. The Morgan fingerprint density at radius 2 is 1.87 bits per heavy atom. The van der Waals surface area contributed by atoms with Crippen LogP contribution in [0.1, 0.15) is 70.4 Å². The number of nitrogens with one attached hydrogen (secondary N) is 1. The molecule has 0 spiro atoms. The summed E-state index contributed by atoms with van der Waals surface area (Å²) in [5.74, 6) is 0.482. The van der Waals surface area contributed by atoms with E-state index in [0.717, 1.165) is 32.1 Å². The smallest absolute Gasteiger partial charge is 0.308 e. The number of para-hydroxylation sites is 1. The molecule has 0 saturated heterocycles. The Balaban J connectivity index is 1.61. The van der Waals surface area contributed by atoms with Crippen molar-refractivity contribution in [3.05, 3.63) is 39.9 Å². The first-order chi connectivity index (χ1) is 14.6. The van der Waals surface area contributed by atoms with Gasteiger partial charge in [0.25, 0.3) is 5.69 Å². The number of nitro groups is 1. The summed E-state index contributed by atoms with van der Waals surface area (Å²) in [6.07, 6.45) is 5.42. The summed E-state index contributed by atoms with van der Waals surface area (Å²) >= 11 is 3.93. The Kier molecular flexibility index (Phi) is 5.87. The van der Waals surface area contributed by atoms with E-state index < -0.39 is 22.3 Å². The molecule has 0 aromatic heterocycles. The summed E-state index contributed by atoms with van der Waals surface area (Å²) in [7, 11) is 0. The third-order valence-electron chi connectivity index (χ3n) is 7.02. The minimum atomic E-state index is -0.806. The summed E-state index contributed by atoms with van der Waals surface area (Å²) in [5, 5.41) is 14.7. The Morgan fingerprint density at radius 3 is 2.45 bits per heavy atom. The molecule has 0 radical (unpaired) electrons. The Hall–Kier alpha value is -1.96. The van der Waals surface area contributed by atoms with Crippen LogP contribution in [-0.2, 0) is 14.3 Å². The van der Waals surface area contributed by atoms with E-state index in [1.807, 2.05) is 0 Å². The lowest BCUT2D eigenvalue weighted by molar-refractivity contribution is -0.385. The molecule has 168 valence electrons. The minimum Gasteiger partial charge on any atom is -0.463 e. The van der Waals surface area contributed by atoms with Crippen molar-refractivity contribution in [2.24, 2.45) is 17.3 Å². The third kappa shape index (κ3) is 4.49. The SMILES string of the molecule is CC(C)OC(=O)CC(NC(=O)C12CC3CC(CC(Br)(C3)C1)C2)c1ccccc1[N+](=O)[O-]. The lowest BCUT2D eigenvalue weighted by Crippen LogP contribution is -2.58. The first-order valence-electron chi connectivity index (χ1n) is 11.0. The number of ether oxygens (including phenoxy) is 1. The second-order valence-corrected chi connectivity index (χ2v) is 11.7. The molecule has 4 aliphatic carbocycles. The van der Waals surface area contributed by atoms with Crippen molar-refractivity contribution < 1.29 is 19.2 Å². The van der Waals surface area contributed by atoms with E-state index in [-0.39, 0.29) is 28.4 Å². The van der Waals surface area contributed by atoms with Gasteiger partial charge in [-0.15, -0.1) is 0 Å². The van der Waals surface area contributed by atoms with Gasteiger partial charge in [0.1, 0.15) is 0 Å². The predicted molar refractivity (Wildman–Crippen MR) is 119 cm³/mol. The molecule has 1 amide bonds. The number of esters is 1. The molecule has 4 aliphatic rings. The van der Waals surface area contributed by atoms with E-state index in [4.69, 9.17) is 4.74 Å². The molecule has 1 N–H and O–H groups in total. The molecule has 5 rings (SSSR count). The van der Waals surface area contributed by atoms with Crippen LogP contribution in [0.15, 0.2) is 24.3 Å². The van der Waals surface area contributed by atoms with E-state index in [2.05, 4.69) is 21.2 Å². The van der Waals surface area contributed by atoms with Crippen molar-refractivity contribution in [3.8, 4) is 0 Å². The minimum absolute atomic E-state index is 0.0131. The van der Waals surface area contributed by atoms with E-state index in [1.165, 1.54) is 12.5 Å². The highest BCUT2D eigenvalue weighted by molar-refractivity contribution is 9.10. The van der Waals surface area contributed by atoms with Gasteiger partial charge < -0.3 is 10.1 Å². The van der Waals surface area contributed by atoms with Crippen molar-refractivity contribution in [2.45, 2.75) is 75.3 Å². The predicted octanol–water partition coefficient (Wildman–Crippen LogP) is 4.83. The topological polar surface area (TPSA) is 98.5 Å². The number of alkyl halides is 1. The highest BCUT2D eigenvalue weighted by atomic mass is 79.9. The summed E-state index contributed by atoms with van der Waals surface area (Å²) < 4.78 is 5.29. The molecule has 0 aliphatic heterocycles. The van der Waals surface area contributed by atoms with Gasteiger partial charge in [-0.25, -0.2) is 0 Å². The molecule has 1 aromatic carbocycles. The van der Waals surface area contributed by atoms with Crippen LogP contribution in [0, 0.1) is 27.4 Å². The first kappa shape index (κ1) is 22.2. The summed E-state index contributed by atoms with van der Waals surface area (Å²) in [6, 6.07) is 5.48. The van der Waals surface area contributed by atoms with Gasteiger partial charge in [-0.2, -0.15) is 0 Å². The Labute approximate surface area is 190 Å². The van der Waals surface area contributed by atoms with E-state index in [0.29, 0.717) is 17.4 Å². The van der Waals surface area contributed by atoms with Gasteiger partial charge in [0, 0.05) is 10.4 Å². The van der Waals surface area contributed by atoms with Gasteiger partial charge in [0.2, 0.25) is 5.91 Å². The number of benzene rings is 1. The fourth-order valence-corrected chi connectivity index (χ4v) is 7.84. The normalized spacial score (nSPS) is 32.0. The summed E-state index contributed by atoms with van der Waals surface area (Å²) in [5.41, 5.74) is -0.246. The number of carbonyl (C=O) groups is 2. The monoisotopic (exact) mass is 492 g/mol. The van der Waals surface area contributed by atoms with E-state index in [9.17, 15) is 19.7 Å². The van der Waals surface area contributed by atoms with E-state index in [1.54, 1.807) is 32.0 Å². The van der Waals surface area contributed by atoms with Gasteiger partial charge in [-0.3, -0.25) is 19.7 Å². The maximum absolute atomic E-state index is 13.7. The van der Waals surface area contributed by atoms with Gasteiger partial charge >= 0.3 is 5.97 Å². The molecule has 3 unspecified atom stereocenters. The molecule has 0 heterocycles. The number of carbonyl (C=O) groups excluding carboxylic acids is 2. The maximum Gasteiger partial charge on any atom is 0.308 e. The van der Waals surface area contributed by atoms with Crippen LogP contribution in [0.4, 0.5) is 5.69 Å². The Bertz CT molecular complexity index is 888. The quantitative estimate of drug-likeness (QED) is 0.254. The zero-order valence-electron chi connectivity index (χ0n) is 17.9. The van der Waals surface area contributed by atoms with Crippen molar-refractivity contribution in [2.75, 3.05) is 0 Å². The number of hydrogen-bond donors (Lipinski definition) is 1. The van der Waals surface area contributed by atoms with Crippen molar-refractivity contribution >= 4 is 33.5 Å². The van der Waals surface area contributed by atoms with Gasteiger partial charge in [-0.05, 0) is 64.2 Å². The van der Waals surface area contributed by atoms with Gasteiger partial charge in [0.05, 0.1) is 34.5 Å². The average Bonchev–Trinajstić information content (AvgIpc) is 2.64. The van der Waals surface area contributed by atoms with Crippen molar-refractivity contribution in [1.29, 1.82) is 0 Å². The molecule has 4 fully saturated rings. The molecule has 7 nitrogen and oxygen atoms in total. The van der Waals surface area contributed by atoms with Crippen LogP contribution in [0.25, 0.3) is 0 Å². The van der Waals surface area contributed by atoms with Crippen LogP contribution in [-0.4, -0.2) is 27.2 Å². The number of rotatable bonds is 7. The maximum atomic E-state index is 13.7. The van der Waals surface area contributed by atoms with Crippen molar-refractivity contribution in [1.82, 2.24) is 5.32 Å². The number of amides is 1. The lowest BCUT2D eigenvalue weighted by atomic mass is 9.49. The Morgan fingerprint density at radius 1 is 1.23 bits per heavy atom. The third-order valence-corrected chi connectivity index (χ3v) is 7.95. The zero-order chi connectivity index (χ0) is 22.4. The van der Waals surface area contributed by atoms with Crippen molar-refractivity contribution in [3.63, 3.8) is 0 Å². The fourth-order valence-electron chi connectivity index (χ4n) is 6.39. The molecule has 31 heavy (non-hydrogen) atoms. The van der Waals surface area contributed by atoms with Crippen LogP contribution >= 0.6 is 15.9 Å². The molecule has 4 bridgehead atoms. The van der Waals surface area contributed by atoms with Gasteiger partial charge in [-0.1, -0.05) is 34.1 Å². The molecular formula is C23H29BrN2O5. The number of hydrogen-bond acceptors (Lipinski definition) is 5. The second-order valence-electron chi connectivity index (χ2n) is 9.98. The summed E-state index contributed by atoms with van der Waals surface area (Å²) in [4.78, 5) is 37.2. The average molecular weight is 493 g/mol. The molecule has 1 aromatic rings. The first-order valence-corrected chi connectivity index (χ1v) is 11.8. The van der Waals surface area contributed by atoms with Gasteiger partial charge in [0.15, 0.2) is 0 Å². The number of nitrogens with zero attached hydrogens (tertiary/aromatic N) is 1. The number of nitro benzene ring substituents is 1. The van der Waals surface area contributed by atoms with Crippen LogP contribution in [0.2, 0.25) is 0 Å².